The largest absolute Gasteiger partial charge is 0.0651 e. The maximum absolute atomic E-state index is 2.46. The Labute approximate surface area is 111 Å². The van der Waals surface area contributed by atoms with Crippen LogP contribution < -0.4 is 0 Å². The molecule has 0 bridgehead atoms. The van der Waals surface area contributed by atoms with Crippen molar-refractivity contribution in [3.8, 4) is 0 Å². The maximum Gasteiger partial charge on any atom is -0.0328 e. The van der Waals surface area contributed by atoms with Crippen LogP contribution in [-0.4, -0.2) is 0 Å². The molecule has 3 atom stereocenters. The average molecular weight is 240 g/mol. The molecule has 0 rings (SSSR count). The topological polar surface area (TPSA) is 0 Å². The van der Waals surface area contributed by atoms with Crippen LogP contribution in [-0.2, 0) is 0 Å². The Morgan fingerprint density at radius 3 is 1.82 bits per heavy atom. The smallest absolute Gasteiger partial charge is 0.0328 e. The molecule has 0 aliphatic heterocycles. The fourth-order valence-electron chi connectivity index (χ4n) is 2.42. The van der Waals surface area contributed by atoms with Gasteiger partial charge in [0.1, 0.15) is 0 Å². The van der Waals surface area contributed by atoms with E-state index in [0.717, 1.165) is 23.7 Å². The molecule has 0 aromatic carbocycles. The van der Waals surface area contributed by atoms with Gasteiger partial charge in [0, 0.05) is 0 Å². The lowest BCUT2D eigenvalue weighted by Gasteiger charge is -2.35. The second-order valence-electron chi connectivity index (χ2n) is 7.42. The molecular formula is C17H36. The quantitative estimate of drug-likeness (QED) is 0.477. The Morgan fingerprint density at radius 1 is 0.882 bits per heavy atom. The van der Waals surface area contributed by atoms with E-state index in [1.165, 1.54) is 25.7 Å². The summed E-state index contributed by atoms with van der Waals surface area (Å²) in [6.07, 6.45) is 5.45. The van der Waals surface area contributed by atoms with Crippen LogP contribution >= 0.6 is 0 Å². The molecule has 0 amide bonds. The van der Waals surface area contributed by atoms with E-state index in [9.17, 15) is 0 Å². The summed E-state index contributed by atoms with van der Waals surface area (Å²) >= 11 is 0. The Hall–Kier alpha value is 0. The SMILES string of the molecule is CCC(C)C(C)CC(C)C(C)(C)CCC(C)C. The molecule has 0 aromatic heterocycles. The van der Waals surface area contributed by atoms with Crippen molar-refractivity contribution in [1.29, 1.82) is 0 Å². The zero-order valence-corrected chi connectivity index (χ0v) is 13.6. The van der Waals surface area contributed by atoms with Crippen LogP contribution in [0.25, 0.3) is 0 Å². The summed E-state index contributed by atoms with van der Waals surface area (Å²) in [6, 6.07) is 0. The summed E-state index contributed by atoms with van der Waals surface area (Å²) in [6.45, 7) is 19.2. The predicted octanol–water partition coefficient (Wildman–Crippen LogP) is 6.16. The molecule has 0 saturated carbocycles. The monoisotopic (exact) mass is 240 g/mol. The van der Waals surface area contributed by atoms with Gasteiger partial charge in [0.2, 0.25) is 0 Å². The van der Waals surface area contributed by atoms with E-state index in [2.05, 4.69) is 55.4 Å². The van der Waals surface area contributed by atoms with Gasteiger partial charge in [-0.05, 0) is 41.9 Å². The highest BCUT2D eigenvalue weighted by atomic mass is 14.3. The molecular weight excluding hydrogens is 204 g/mol. The van der Waals surface area contributed by atoms with Crippen LogP contribution in [0.3, 0.4) is 0 Å². The molecule has 0 heterocycles. The number of hydrogen-bond acceptors (Lipinski definition) is 0. The molecule has 0 fully saturated rings. The highest BCUT2D eigenvalue weighted by Gasteiger charge is 2.27. The Morgan fingerprint density at radius 2 is 1.41 bits per heavy atom. The van der Waals surface area contributed by atoms with Gasteiger partial charge in [-0.2, -0.15) is 0 Å². The Kier molecular flexibility index (Phi) is 7.44. The first-order valence-corrected chi connectivity index (χ1v) is 7.70. The van der Waals surface area contributed by atoms with Crippen molar-refractivity contribution in [3.63, 3.8) is 0 Å². The molecule has 0 heteroatoms. The summed E-state index contributed by atoms with van der Waals surface area (Å²) in [7, 11) is 0. The lowest BCUT2D eigenvalue weighted by Crippen LogP contribution is -2.25. The molecule has 104 valence electrons. The first kappa shape index (κ1) is 17.0. The minimum atomic E-state index is 0.506. The van der Waals surface area contributed by atoms with Gasteiger partial charge in [0.25, 0.3) is 0 Å². The fourth-order valence-corrected chi connectivity index (χ4v) is 2.42. The minimum absolute atomic E-state index is 0.506. The molecule has 0 aliphatic carbocycles. The fraction of sp³-hybridized carbons (Fsp3) is 1.00. The van der Waals surface area contributed by atoms with Gasteiger partial charge in [-0.3, -0.25) is 0 Å². The van der Waals surface area contributed by atoms with Gasteiger partial charge in [-0.1, -0.05) is 68.2 Å². The van der Waals surface area contributed by atoms with Gasteiger partial charge >= 0.3 is 0 Å². The zero-order chi connectivity index (χ0) is 13.6. The third-order valence-electron chi connectivity index (χ3n) is 5.04. The van der Waals surface area contributed by atoms with Crippen LogP contribution in [0.2, 0.25) is 0 Å². The molecule has 0 saturated heterocycles. The minimum Gasteiger partial charge on any atom is -0.0651 e. The van der Waals surface area contributed by atoms with E-state index in [1.807, 2.05) is 0 Å². The first-order chi connectivity index (χ1) is 7.70. The van der Waals surface area contributed by atoms with Gasteiger partial charge < -0.3 is 0 Å². The van der Waals surface area contributed by atoms with Crippen LogP contribution in [0, 0.1) is 29.1 Å². The summed E-state index contributed by atoms with van der Waals surface area (Å²) < 4.78 is 0. The van der Waals surface area contributed by atoms with E-state index in [-0.39, 0.29) is 0 Å². The second-order valence-corrected chi connectivity index (χ2v) is 7.42. The molecule has 3 unspecified atom stereocenters. The van der Waals surface area contributed by atoms with Gasteiger partial charge in [-0.25, -0.2) is 0 Å². The average Bonchev–Trinajstić information content (AvgIpc) is 2.25. The Balaban J connectivity index is 4.22. The van der Waals surface area contributed by atoms with Gasteiger partial charge in [-0.15, -0.1) is 0 Å². The normalized spacial score (nSPS) is 18.2. The van der Waals surface area contributed by atoms with E-state index < -0.39 is 0 Å². The molecule has 17 heavy (non-hydrogen) atoms. The van der Waals surface area contributed by atoms with Crippen molar-refractivity contribution in [2.24, 2.45) is 29.1 Å². The first-order valence-electron chi connectivity index (χ1n) is 7.70. The van der Waals surface area contributed by atoms with Crippen molar-refractivity contribution < 1.29 is 0 Å². The van der Waals surface area contributed by atoms with Crippen molar-refractivity contribution in [2.45, 2.75) is 81.1 Å². The van der Waals surface area contributed by atoms with Crippen molar-refractivity contribution in [1.82, 2.24) is 0 Å². The van der Waals surface area contributed by atoms with E-state index >= 15 is 0 Å². The highest BCUT2D eigenvalue weighted by Crippen LogP contribution is 2.38. The number of hydrogen-bond donors (Lipinski definition) is 0. The number of rotatable bonds is 8. The molecule has 0 nitrogen and oxygen atoms in total. The van der Waals surface area contributed by atoms with Crippen LogP contribution in [0.4, 0.5) is 0 Å². The predicted molar refractivity (Wildman–Crippen MR) is 80.3 cm³/mol. The van der Waals surface area contributed by atoms with Crippen LogP contribution in [0.1, 0.15) is 81.1 Å². The standard InChI is InChI=1S/C17H36/c1-9-14(4)15(5)12-16(6)17(7,8)11-10-13(2)3/h13-16H,9-12H2,1-8H3. The molecule has 0 N–H and O–H groups in total. The van der Waals surface area contributed by atoms with E-state index in [1.54, 1.807) is 0 Å². The lowest BCUT2D eigenvalue weighted by atomic mass is 9.70. The summed E-state index contributed by atoms with van der Waals surface area (Å²) in [5, 5.41) is 0. The lowest BCUT2D eigenvalue weighted by molar-refractivity contribution is 0.153. The maximum atomic E-state index is 2.46. The summed E-state index contributed by atoms with van der Waals surface area (Å²) in [5.74, 6) is 3.42. The van der Waals surface area contributed by atoms with Gasteiger partial charge in [0.05, 0.1) is 0 Å². The van der Waals surface area contributed by atoms with Crippen molar-refractivity contribution in [2.75, 3.05) is 0 Å². The van der Waals surface area contributed by atoms with Crippen LogP contribution in [0.5, 0.6) is 0 Å². The van der Waals surface area contributed by atoms with Crippen molar-refractivity contribution in [3.05, 3.63) is 0 Å². The Bertz CT molecular complexity index is 190. The molecule has 0 spiro atoms. The van der Waals surface area contributed by atoms with Crippen LogP contribution in [0.15, 0.2) is 0 Å². The van der Waals surface area contributed by atoms with E-state index in [0.29, 0.717) is 5.41 Å². The van der Waals surface area contributed by atoms with E-state index in [4.69, 9.17) is 0 Å². The summed E-state index contributed by atoms with van der Waals surface area (Å²) in [5.41, 5.74) is 0.506. The zero-order valence-electron chi connectivity index (χ0n) is 13.6. The third kappa shape index (κ3) is 6.48. The van der Waals surface area contributed by atoms with Crippen molar-refractivity contribution >= 4 is 0 Å². The highest BCUT2D eigenvalue weighted by molar-refractivity contribution is 4.78. The molecule has 0 radical (unpaired) electrons. The third-order valence-corrected chi connectivity index (χ3v) is 5.04. The van der Waals surface area contributed by atoms with Gasteiger partial charge in [0.15, 0.2) is 0 Å². The second kappa shape index (κ2) is 7.44. The molecule has 0 aromatic rings. The summed E-state index contributed by atoms with van der Waals surface area (Å²) in [4.78, 5) is 0. The molecule has 0 aliphatic rings.